The van der Waals surface area contributed by atoms with E-state index in [4.69, 9.17) is 9.84 Å². The third kappa shape index (κ3) is 4.40. The Hall–Kier alpha value is -4.59. The number of carboxylic acid groups (broad SMARTS) is 1. The fraction of sp³-hybridized carbons (Fsp3) is 0.0800. The molecule has 0 bridgehead atoms. The first-order valence-electron chi connectivity index (χ1n) is 10.1. The highest BCUT2D eigenvalue weighted by Gasteiger charge is 2.15. The van der Waals surface area contributed by atoms with Crippen LogP contribution in [0.25, 0.3) is 27.2 Å². The van der Waals surface area contributed by atoms with E-state index in [-0.39, 0.29) is 17.9 Å². The summed E-state index contributed by atoms with van der Waals surface area (Å²) in [4.78, 5) is 42.6. The average Bonchev–Trinajstić information content (AvgIpc) is 2.84. The maximum absolute atomic E-state index is 12.3. The van der Waals surface area contributed by atoms with Crippen molar-refractivity contribution in [3.63, 3.8) is 0 Å². The molecule has 0 saturated heterocycles. The summed E-state index contributed by atoms with van der Waals surface area (Å²) < 4.78 is 6.22. The van der Waals surface area contributed by atoms with Crippen molar-refractivity contribution in [2.45, 2.75) is 6.92 Å². The van der Waals surface area contributed by atoms with Crippen molar-refractivity contribution in [1.29, 1.82) is 0 Å². The first-order valence-corrected chi connectivity index (χ1v) is 10.1. The van der Waals surface area contributed by atoms with E-state index >= 15 is 0 Å². The number of pyridine rings is 2. The van der Waals surface area contributed by atoms with Gasteiger partial charge in [-0.25, -0.2) is 19.6 Å². The Morgan fingerprint density at radius 3 is 2.36 bits per heavy atom. The molecule has 33 heavy (non-hydrogen) atoms. The fourth-order valence-electron chi connectivity index (χ4n) is 3.36. The van der Waals surface area contributed by atoms with E-state index in [0.717, 1.165) is 21.5 Å². The molecule has 0 aliphatic heterocycles. The van der Waals surface area contributed by atoms with Gasteiger partial charge in [0.1, 0.15) is 16.9 Å². The Balaban J connectivity index is 0.000000172. The van der Waals surface area contributed by atoms with E-state index in [0.29, 0.717) is 5.65 Å². The highest BCUT2D eigenvalue weighted by molar-refractivity contribution is 5.95. The normalized spacial score (nSPS) is 10.6. The van der Waals surface area contributed by atoms with Gasteiger partial charge in [0.15, 0.2) is 0 Å². The minimum Gasteiger partial charge on any atom is -0.477 e. The lowest BCUT2D eigenvalue weighted by Crippen LogP contribution is -2.24. The highest BCUT2D eigenvalue weighted by Crippen LogP contribution is 2.17. The molecule has 8 nitrogen and oxygen atoms in total. The van der Waals surface area contributed by atoms with Gasteiger partial charge in [0.2, 0.25) is 0 Å². The van der Waals surface area contributed by atoms with E-state index in [1.165, 1.54) is 10.6 Å². The summed E-state index contributed by atoms with van der Waals surface area (Å²) >= 11 is 0. The molecule has 1 N–H and O–H groups in total. The van der Waals surface area contributed by atoms with Crippen LogP contribution in [0.2, 0.25) is 0 Å². The van der Waals surface area contributed by atoms with Gasteiger partial charge in [0.25, 0.3) is 5.56 Å². The molecule has 164 valence electrons. The summed E-state index contributed by atoms with van der Waals surface area (Å²) in [5, 5.41) is 12.4. The number of ether oxygens (including phenoxy) is 1. The lowest BCUT2D eigenvalue weighted by Gasteiger charge is -2.06. The second-order valence-electron chi connectivity index (χ2n) is 7.02. The zero-order chi connectivity index (χ0) is 23.4. The second-order valence-corrected chi connectivity index (χ2v) is 7.02. The summed E-state index contributed by atoms with van der Waals surface area (Å²) in [5.74, 6) is -1.64. The van der Waals surface area contributed by atoms with Crippen LogP contribution in [0.5, 0.6) is 0 Å². The van der Waals surface area contributed by atoms with Crippen LogP contribution in [0.3, 0.4) is 0 Å². The molecule has 8 heteroatoms. The molecule has 0 unspecified atom stereocenters. The number of carbonyl (C=O) groups is 2. The number of esters is 1. The molecule has 0 spiro atoms. The van der Waals surface area contributed by atoms with E-state index in [1.807, 2.05) is 54.6 Å². The molecule has 0 amide bonds. The van der Waals surface area contributed by atoms with Crippen LogP contribution in [0.4, 0.5) is 0 Å². The van der Waals surface area contributed by atoms with Gasteiger partial charge in [-0.15, -0.1) is 0 Å². The van der Waals surface area contributed by atoms with Crippen LogP contribution in [0, 0.1) is 0 Å². The monoisotopic (exact) mass is 441 g/mol. The summed E-state index contributed by atoms with van der Waals surface area (Å²) in [6.07, 6.45) is 4.47. The van der Waals surface area contributed by atoms with Gasteiger partial charge >= 0.3 is 11.9 Å². The largest absolute Gasteiger partial charge is 0.477 e. The molecule has 3 heterocycles. The van der Waals surface area contributed by atoms with Crippen molar-refractivity contribution < 1.29 is 19.4 Å². The predicted molar refractivity (Wildman–Crippen MR) is 124 cm³/mol. The Kier molecular flexibility index (Phi) is 6.08. The van der Waals surface area contributed by atoms with Crippen LogP contribution in [-0.4, -0.2) is 38.0 Å². The molecule has 0 radical (unpaired) electrons. The molecule has 0 saturated carbocycles. The van der Waals surface area contributed by atoms with E-state index < -0.39 is 17.5 Å². The molecule has 0 atom stereocenters. The van der Waals surface area contributed by atoms with Gasteiger partial charge in [-0.1, -0.05) is 48.5 Å². The number of carboxylic acids is 1. The molecule has 3 aromatic heterocycles. The Morgan fingerprint density at radius 1 is 0.939 bits per heavy atom. The first kappa shape index (κ1) is 21.6. The quantitative estimate of drug-likeness (QED) is 0.333. The van der Waals surface area contributed by atoms with Crippen molar-refractivity contribution >= 4 is 39.1 Å². The fourth-order valence-corrected chi connectivity index (χ4v) is 3.36. The smallest absolute Gasteiger partial charge is 0.354 e. The molecule has 0 fully saturated rings. The van der Waals surface area contributed by atoms with E-state index in [2.05, 4.69) is 9.97 Å². The third-order valence-corrected chi connectivity index (χ3v) is 4.94. The van der Waals surface area contributed by atoms with Crippen LogP contribution >= 0.6 is 0 Å². The number of aromatic nitrogens is 3. The Bertz CT molecular complexity index is 1560. The van der Waals surface area contributed by atoms with Gasteiger partial charge < -0.3 is 9.84 Å². The first-order chi connectivity index (χ1) is 16.0. The SMILES string of the molecule is CCOC(=O)c1cnc2c3ccccc3ccn2c1=O.O=C(O)c1cc2ccccc2cn1. The summed E-state index contributed by atoms with van der Waals surface area (Å²) in [6.45, 7) is 1.91. The number of hydrogen-bond acceptors (Lipinski definition) is 6. The molecule has 0 aliphatic rings. The third-order valence-electron chi connectivity index (χ3n) is 4.94. The molecular weight excluding hydrogens is 422 g/mol. The van der Waals surface area contributed by atoms with Crippen molar-refractivity contribution in [2.75, 3.05) is 6.61 Å². The lowest BCUT2D eigenvalue weighted by atomic mass is 10.1. The summed E-state index contributed by atoms with van der Waals surface area (Å²) in [7, 11) is 0. The Morgan fingerprint density at radius 2 is 1.64 bits per heavy atom. The van der Waals surface area contributed by atoms with Crippen LogP contribution in [-0.2, 0) is 4.74 Å². The minimum absolute atomic E-state index is 0.0559. The maximum atomic E-state index is 12.3. The van der Waals surface area contributed by atoms with Crippen molar-refractivity contribution in [3.05, 3.63) is 101 Å². The standard InChI is InChI=1S/C15H12N2O3.C10H7NO2/c1-2-20-15(19)12-9-16-13-11-6-4-3-5-10(11)7-8-17(13)14(12)18;12-10(13)9-5-7-3-1-2-4-8(7)6-11-9/h3-9H,2H2,1H3;1-6H,(H,12,13). The van der Waals surface area contributed by atoms with Gasteiger partial charge in [-0.05, 0) is 29.8 Å². The molecule has 2 aromatic carbocycles. The lowest BCUT2D eigenvalue weighted by molar-refractivity contribution is 0.0523. The van der Waals surface area contributed by atoms with Gasteiger partial charge in [-0.2, -0.15) is 0 Å². The topological polar surface area (TPSA) is 111 Å². The predicted octanol–water partition coefficient (Wildman–Crippen LogP) is 3.96. The Labute approximate surface area is 187 Å². The number of rotatable bonds is 3. The summed E-state index contributed by atoms with van der Waals surface area (Å²) in [6, 6.07) is 18.5. The number of carbonyl (C=O) groups excluding carboxylic acids is 1. The zero-order valence-electron chi connectivity index (χ0n) is 17.6. The van der Waals surface area contributed by atoms with Crippen molar-refractivity contribution in [3.8, 4) is 0 Å². The molecule has 5 rings (SSSR count). The number of hydrogen-bond donors (Lipinski definition) is 1. The van der Waals surface area contributed by atoms with E-state index in [1.54, 1.807) is 25.4 Å². The zero-order valence-corrected chi connectivity index (χ0v) is 17.6. The number of aromatic carboxylic acids is 1. The molecule has 0 aliphatic carbocycles. The van der Waals surface area contributed by atoms with Crippen molar-refractivity contribution in [1.82, 2.24) is 14.4 Å². The van der Waals surface area contributed by atoms with Gasteiger partial charge in [0.05, 0.1) is 6.61 Å². The summed E-state index contributed by atoms with van der Waals surface area (Å²) in [5.41, 5.74) is 0.138. The van der Waals surface area contributed by atoms with Gasteiger partial charge in [0, 0.05) is 29.4 Å². The van der Waals surface area contributed by atoms with Gasteiger partial charge in [-0.3, -0.25) is 9.20 Å². The average molecular weight is 441 g/mol. The van der Waals surface area contributed by atoms with Crippen LogP contribution in [0.1, 0.15) is 27.8 Å². The molecule has 5 aromatic rings. The minimum atomic E-state index is -0.995. The number of benzene rings is 2. The number of nitrogens with zero attached hydrogens (tertiary/aromatic N) is 3. The maximum Gasteiger partial charge on any atom is 0.354 e. The van der Waals surface area contributed by atoms with Crippen molar-refractivity contribution in [2.24, 2.45) is 0 Å². The second kappa shape index (κ2) is 9.27. The highest BCUT2D eigenvalue weighted by atomic mass is 16.5. The van der Waals surface area contributed by atoms with Crippen LogP contribution in [0.15, 0.2) is 84.0 Å². The molecular formula is C25H19N3O5. The van der Waals surface area contributed by atoms with E-state index in [9.17, 15) is 14.4 Å². The van der Waals surface area contributed by atoms with Crippen LogP contribution < -0.4 is 5.56 Å². The number of fused-ring (bicyclic) bond motifs is 4.